The highest BCUT2D eigenvalue weighted by atomic mass is 79.9. The minimum absolute atomic E-state index is 0.0911. The number of hydrogen-bond acceptors (Lipinski definition) is 4. The normalized spacial score (nSPS) is 15.4. The lowest BCUT2D eigenvalue weighted by atomic mass is 9.88. The number of halogens is 2. The molecule has 2 heterocycles. The van der Waals surface area contributed by atoms with Crippen LogP contribution < -0.4 is 10.3 Å². The molecule has 1 amide bonds. The molecule has 5 nitrogen and oxygen atoms in total. The van der Waals surface area contributed by atoms with E-state index in [-0.39, 0.29) is 11.3 Å². The number of allylic oxidation sites excluding steroid dienone is 1. The number of carbonyl (C=O) groups is 1. The highest BCUT2D eigenvalue weighted by Crippen LogP contribution is 2.40. The molecule has 1 aliphatic rings. The van der Waals surface area contributed by atoms with Crippen molar-refractivity contribution < 1.29 is 9.21 Å². The number of likely N-dealkylation sites (N-methyl/N-ethyl adjacent to an activating group) is 1. The van der Waals surface area contributed by atoms with E-state index in [0.717, 1.165) is 26.7 Å². The third kappa shape index (κ3) is 3.77. The van der Waals surface area contributed by atoms with E-state index in [1.165, 1.54) is 5.57 Å². The topological polar surface area (TPSA) is 57.8 Å². The number of amides is 1. The van der Waals surface area contributed by atoms with E-state index < -0.39 is 5.91 Å². The first-order valence-electron chi connectivity index (χ1n) is 9.45. The van der Waals surface area contributed by atoms with Crippen molar-refractivity contribution in [3.05, 3.63) is 68.9 Å². The molecule has 1 N–H and O–H groups in total. The Hall–Kier alpha value is -2.57. The summed E-state index contributed by atoms with van der Waals surface area (Å²) in [5.41, 5.74) is 7.12. The molecule has 0 spiro atoms. The fourth-order valence-corrected chi connectivity index (χ4v) is 4.21. The number of nitrogens with zero attached hydrogens (tertiary/aromatic N) is 2. The predicted molar refractivity (Wildman–Crippen MR) is 127 cm³/mol. The molecule has 0 bridgehead atoms. The van der Waals surface area contributed by atoms with Crippen LogP contribution in [0.15, 0.2) is 56.5 Å². The molecular weight excluding hydrogens is 466 g/mol. The van der Waals surface area contributed by atoms with Crippen LogP contribution in [0.2, 0.25) is 5.02 Å². The van der Waals surface area contributed by atoms with Gasteiger partial charge in [0.05, 0.1) is 16.8 Å². The lowest BCUT2D eigenvalue weighted by Gasteiger charge is -2.40. The fraction of sp³-hybridized carbons (Fsp3) is 0.217. The van der Waals surface area contributed by atoms with Crippen LogP contribution in [0.3, 0.4) is 0 Å². The number of rotatable bonds is 3. The average Bonchev–Trinajstić information content (AvgIpc) is 3.10. The van der Waals surface area contributed by atoms with Crippen LogP contribution in [0, 0.1) is 0 Å². The first-order valence-corrected chi connectivity index (χ1v) is 10.6. The first kappa shape index (κ1) is 20.7. The van der Waals surface area contributed by atoms with E-state index in [1.807, 2.05) is 24.3 Å². The van der Waals surface area contributed by atoms with Gasteiger partial charge in [0.25, 0.3) is 0 Å². The van der Waals surface area contributed by atoms with Gasteiger partial charge in [0.15, 0.2) is 5.76 Å². The molecule has 1 aliphatic heterocycles. The van der Waals surface area contributed by atoms with Crippen molar-refractivity contribution in [3.63, 3.8) is 0 Å². The van der Waals surface area contributed by atoms with Crippen molar-refractivity contribution in [2.45, 2.75) is 26.3 Å². The minimum Gasteiger partial charge on any atom is -0.451 e. The van der Waals surface area contributed by atoms with Gasteiger partial charge in [0.1, 0.15) is 5.58 Å². The number of nitrogens with one attached hydrogen (secondary N) is 1. The lowest BCUT2D eigenvalue weighted by molar-refractivity contribution is 0.0929. The van der Waals surface area contributed by atoms with E-state index >= 15 is 0 Å². The number of hydrazone groups is 1. The second-order valence-electron chi connectivity index (χ2n) is 7.92. The van der Waals surface area contributed by atoms with Gasteiger partial charge in [-0.15, -0.1) is 0 Å². The largest absolute Gasteiger partial charge is 0.451 e. The van der Waals surface area contributed by atoms with Gasteiger partial charge in [-0.2, -0.15) is 5.10 Å². The summed E-state index contributed by atoms with van der Waals surface area (Å²) in [6.45, 7) is 6.41. The van der Waals surface area contributed by atoms with E-state index in [9.17, 15) is 4.79 Å². The van der Waals surface area contributed by atoms with Gasteiger partial charge in [-0.05, 0) is 62.7 Å². The zero-order valence-corrected chi connectivity index (χ0v) is 19.4. The Bertz CT molecular complexity index is 1230. The molecule has 3 aromatic rings. The van der Waals surface area contributed by atoms with E-state index in [4.69, 9.17) is 16.0 Å². The van der Waals surface area contributed by atoms with Crippen LogP contribution in [0.25, 0.3) is 16.5 Å². The molecule has 0 aliphatic carbocycles. The van der Waals surface area contributed by atoms with Crippen LogP contribution in [-0.2, 0) is 0 Å². The Morgan fingerprint density at radius 1 is 1.27 bits per heavy atom. The second-order valence-corrected chi connectivity index (χ2v) is 9.25. The number of hydrogen-bond donors (Lipinski definition) is 1. The Balaban J connectivity index is 1.55. The van der Waals surface area contributed by atoms with Gasteiger partial charge < -0.3 is 9.32 Å². The molecule has 2 aromatic carbocycles. The van der Waals surface area contributed by atoms with Gasteiger partial charge in [0.2, 0.25) is 0 Å². The van der Waals surface area contributed by atoms with Gasteiger partial charge in [-0.1, -0.05) is 33.6 Å². The number of carbonyl (C=O) groups excluding carboxylic acids is 1. The molecule has 0 radical (unpaired) electrons. The number of benzene rings is 2. The van der Waals surface area contributed by atoms with Crippen molar-refractivity contribution in [1.82, 2.24) is 5.43 Å². The van der Waals surface area contributed by atoms with Crippen molar-refractivity contribution in [2.75, 3.05) is 11.9 Å². The monoisotopic (exact) mass is 485 g/mol. The molecule has 7 heteroatoms. The summed E-state index contributed by atoms with van der Waals surface area (Å²) in [6, 6.07) is 11.2. The van der Waals surface area contributed by atoms with Crippen molar-refractivity contribution in [1.29, 1.82) is 0 Å². The van der Waals surface area contributed by atoms with Crippen molar-refractivity contribution >= 4 is 61.9 Å². The third-order valence-electron chi connectivity index (χ3n) is 5.41. The van der Waals surface area contributed by atoms with E-state index in [0.29, 0.717) is 10.6 Å². The molecule has 154 valence electrons. The highest BCUT2D eigenvalue weighted by molar-refractivity contribution is 9.10. The summed E-state index contributed by atoms with van der Waals surface area (Å²) in [6.07, 6.45) is 3.78. The van der Waals surface area contributed by atoms with Gasteiger partial charge in [-0.25, -0.2) is 5.43 Å². The van der Waals surface area contributed by atoms with E-state index in [1.54, 1.807) is 18.3 Å². The molecule has 0 atom stereocenters. The molecule has 30 heavy (non-hydrogen) atoms. The maximum atomic E-state index is 12.4. The Labute approximate surface area is 188 Å². The quantitative estimate of drug-likeness (QED) is 0.352. The van der Waals surface area contributed by atoms with Crippen molar-refractivity contribution in [2.24, 2.45) is 5.10 Å². The molecule has 0 saturated heterocycles. The third-order valence-corrected chi connectivity index (χ3v) is 6.23. The Morgan fingerprint density at radius 3 is 2.80 bits per heavy atom. The van der Waals surface area contributed by atoms with Gasteiger partial charge >= 0.3 is 5.91 Å². The van der Waals surface area contributed by atoms with Crippen LogP contribution >= 0.6 is 27.5 Å². The summed E-state index contributed by atoms with van der Waals surface area (Å²) < 4.78 is 6.50. The maximum absolute atomic E-state index is 12.4. The maximum Gasteiger partial charge on any atom is 0.307 e. The predicted octanol–water partition coefficient (Wildman–Crippen LogP) is 6.24. The number of anilines is 1. The van der Waals surface area contributed by atoms with E-state index in [2.05, 4.69) is 65.3 Å². The molecule has 0 unspecified atom stereocenters. The molecule has 1 aromatic heterocycles. The van der Waals surface area contributed by atoms with Crippen molar-refractivity contribution in [3.8, 4) is 0 Å². The highest BCUT2D eigenvalue weighted by Gasteiger charge is 2.29. The van der Waals surface area contributed by atoms with Crippen LogP contribution in [-0.4, -0.2) is 24.7 Å². The smallest absolute Gasteiger partial charge is 0.307 e. The first-order chi connectivity index (χ1) is 14.2. The molecule has 0 saturated carbocycles. The summed E-state index contributed by atoms with van der Waals surface area (Å²) in [5.74, 6) is -0.232. The Kier molecular flexibility index (Phi) is 5.24. The zero-order valence-electron chi connectivity index (χ0n) is 17.1. The van der Waals surface area contributed by atoms with Crippen LogP contribution in [0.5, 0.6) is 0 Å². The van der Waals surface area contributed by atoms with Gasteiger partial charge in [0, 0.05) is 33.7 Å². The average molecular weight is 487 g/mol. The van der Waals surface area contributed by atoms with Crippen LogP contribution in [0.4, 0.5) is 5.69 Å². The van der Waals surface area contributed by atoms with Crippen LogP contribution in [0.1, 0.15) is 42.5 Å². The molecule has 4 rings (SSSR count). The molecular formula is C23H21BrClN3O2. The summed E-state index contributed by atoms with van der Waals surface area (Å²) >= 11 is 9.90. The standard InChI is InChI=1S/C23H21BrClN3O2/c1-13-11-23(2,3)28(4)19-10-18(25)15(8-17(13)19)12-26-27-22(29)21-9-14-7-16(24)5-6-20(14)30-21/h5-12H,1-4H3,(H,27,29)/b26-12-. The molecule has 0 fully saturated rings. The number of furan rings is 1. The SMILES string of the molecule is CC1=CC(C)(C)N(C)c2cc(Cl)c(/C=N\NC(=O)c3cc4cc(Br)ccc4o3)cc21. The number of fused-ring (bicyclic) bond motifs is 2. The summed E-state index contributed by atoms with van der Waals surface area (Å²) in [4.78, 5) is 14.6. The second kappa shape index (κ2) is 7.60. The minimum atomic E-state index is -0.426. The lowest BCUT2D eigenvalue weighted by Crippen LogP contribution is -2.42. The Morgan fingerprint density at radius 2 is 2.03 bits per heavy atom. The summed E-state index contributed by atoms with van der Waals surface area (Å²) in [5, 5.41) is 5.48. The fourth-order valence-electron chi connectivity index (χ4n) is 3.63. The zero-order chi connectivity index (χ0) is 21.6. The van der Waals surface area contributed by atoms with Gasteiger partial charge in [-0.3, -0.25) is 4.79 Å². The summed E-state index contributed by atoms with van der Waals surface area (Å²) in [7, 11) is 2.05.